The van der Waals surface area contributed by atoms with Gasteiger partial charge in [-0.1, -0.05) is 24.3 Å². The van der Waals surface area contributed by atoms with E-state index in [4.69, 9.17) is 0 Å². The summed E-state index contributed by atoms with van der Waals surface area (Å²) in [6, 6.07) is 15.8. The predicted octanol–water partition coefficient (Wildman–Crippen LogP) is 4.19. The van der Waals surface area contributed by atoms with Gasteiger partial charge in [0.25, 0.3) is 0 Å². The molecule has 1 aliphatic rings. The van der Waals surface area contributed by atoms with Crippen LogP contribution in [0.15, 0.2) is 54.6 Å². The molecule has 0 spiro atoms. The van der Waals surface area contributed by atoms with E-state index in [9.17, 15) is 9.59 Å². The number of thiazole rings is 1. The molecule has 5 nitrogen and oxygen atoms in total. The molecular weight excluding hydrogens is 382 g/mol. The van der Waals surface area contributed by atoms with Gasteiger partial charge in [-0.3, -0.25) is 9.59 Å². The number of fused-ring (bicyclic) bond motifs is 1. The number of nitrogens with zero attached hydrogens (tertiary/aromatic N) is 2. The van der Waals surface area contributed by atoms with Gasteiger partial charge in [0.15, 0.2) is 0 Å². The Morgan fingerprint density at radius 1 is 1.17 bits per heavy atom. The van der Waals surface area contributed by atoms with Gasteiger partial charge >= 0.3 is 0 Å². The van der Waals surface area contributed by atoms with Crippen LogP contribution in [-0.2, 0) is 16.0 Å². The molecule has 0 atom stereocenters. The number of anilines is 1. The fraction of sp³-hybridized carbons (Fsp3) is 0.261. The minimum absolute atomic E-state index is 0.104. The second kappa shape index (κ2) is 9.01. The molecule has 0 bridgehead atoms. The van der Waals surface area contributed by atoms with Crippen molar-refractivity contribution < 1.29 is 9.59 Å². The lowest BCUT2D eigenvalue weighted by molar-refractivity contribution is -0.117. The van der Waals surface area contributed by atoms with Gasteiger partial charge in [0.1, 0.15) is 0 Å². The second-order valence-corrected chi connectivity index (χ2v) is 8.16. The summed E-state index contributed by atoms with van der Waals surface area (Å²) in [5.41, 5.74) is 2.90. The normalized spacial score (nSPS) is 14.2. The van der Waals surface area contributed by atoms with Crippen molar-refractivity contribution in [2.24, 2.45) is 0 Å². The molecule has 2 heterocycles. The number of rotatable bonds is 7. The van der Waals surface area contributed by atoms with Crippen LogP contribution in [0.1, 0.15) is 29.8 Å². The molecule has 0 saturated carbocycles. The number of nitrogens with one attached hydrogen (secondary N) is 1. The Labute approximate surface area is 174 Å². The summed E-state index contributed by atoms with van der Waals surface area (Å²) in [5.74, 6) is 0.0756. The number of aromatic nitrogens is 1. The highest BCUT2D eigenvalue weighted by Gasteiger charge is 2.21. The molecule has 2 aromatic carbocycles. The van der Waals surface area contributed by atoms with Gasteiger partial charge in [0.2, 0.25) is 11.8 Å². The van der Waals surface area contributed by atoms with Crippen molar-refractivity contribution in [3.8, 4) is 0 Å². The topological polar surface area (TPSA) is 62.3 Å². The molecular formula is C23H23N3O2S. The molecule has 1 fully saturated rings. The van der Waals surface area contributed by atoms with Crippen LogP contribution in [0.25, 0.3) is 16.3 Å². The first-order valence-corrected chi connectivity index (χ1v) is 10.7. The van der Waals surface area contributed by atoms with Crippen molar-refractivity contribution in [2.75, 3.05) is 18.0 Å². The predicted molar refractivity (Wildman–Crippen MR) is 118 cm³/mol. The second-order valence-electron chi connectivity index (χ2n) is 7.04. The number of hydrogen-bond donors (Lipinski definition) is 1. The highest BCUT2D eigenvalue weighted by atomic mass is 32.1. The van der Waals surface area contributed by atoms with Crippen LogP contribution in [0.5, 0.6) is 0 Å². The number of benzene rings is 2. The van der Waals surface area contributed by atoms with E-state index in [-0.39, 0.29) is 11.8 Å². The average Bonchev–Trinajstić information content (AvgIpc) is 3.35. The van der Waals surface area contributed by atoms with E-state index in [1.165, 1.54) is 4.70 Å². The highest BCUT2D eigenvalue weighted by molar-refractivity contribution is 7.18. The van der Waals surface area contributed by atoms with Gasteiger partial charge in [0, 0.05) is 37.7 Å². The summed E-state index contributed by atoms with van der Waals surface area (Å²) in [6.45, 7) is 1.41. The lowest BCUT2D eigenvalue weighted by Crippen LogP contribution is -2.23. The number of amides is 2. The molecule has 148 valence electrons. The first kappa shape index (κ1) is 19.3. The molecule has 29 heavy (non-hydrogen) atoms. The highest BCUT2D eigenvalue weighted by Crippen LogP contribution is 2.23. The standard InChI is InChI=1S/C23H23N3O2S/c27-21(24-15-3-7-22-25-19-5-1-2-6-20(19)29-22)14-11-17-9-12-18(13-10-17)26-16-4-8-23(26)28/h1-2,5-6,9-14H,3-4,7-8,15-16H2,(H,24,27). The maximum atomic E-state index is 12.0. The van der Waals surface area contributed by atoms with Crippen LogP contribution < -0.4 is 10.2 Å². The van der Waals surface area contributed by atoms with Gasteiger partial charge < -0.3 is 10.2 Å². The largest absolute Gasteiger partial charge is 0.353 e. The summed E-state index contributed by atoms with van der Waals surface area (Å²) < 4.78 is 1.20. The van der Waals surface area contributed by atoms with Crippen molar-refractivity contribution in [3.05, 3.63) is 65.2 Å². The monoisotopic (exact) mass is 405 g/mol. The first-order valence-electron chi connectivity index (χ1n) is 9.90. The fourth-order valence-corrected chi connectivity index (χ4v) is 4.40. The Kier molecular flexibility index (Phi) is 6.00. The molecule has 6 heteroatoms. The van der Waals surface area contributed by atoms with Crippen LogP contribution in [0, 0.1) is 0 Å². The zero-order chi connectivity index (χ0) is 20.1. The number of para-hydroxylation sites is 1. The quantitative estimate of drug-likeness (QED) is 0.474. The average molecular weight is 406 g/mol. The summed E-state index contributed by atoms with van der Waals surface area (Å²) >= 11 is 1.71. The molecule has 0 aliphatic carbocycles. The summed E-state index contributed by atoms with van der Waals surface area (Å²) in [5, 5.41) is 4.02. The van der Waals surface area contributed by atoms with Crippen molar-refractivity contribution in [3.63, 3.8) is 0 Å². The van der Waals surface area contributed by atoms with Crippen molar-refractivity contribution in [2.45, 2.75) is 25.7 Å². The Morgan fingerprint density at radius 3 is 2.76 bits per heavy atom. The third-order valence-electron chi connectivity index (χ3n) is 4.91. The van der Waals surface area contributed by atoms with Crippen molar-refractivity contribution >= 4 is 45.1 Å². The van der Waals surface area contributed by atoms with E-state index >= 15 is 0 Å². The Morgan fingerprint density at radius 2 is 2.00 bits per heavy atom. The van der Waals surface area contributed by atoms with Crippen LogP contribution in [0.2, 0.25) is 0 Å². The van der Waals surface area contributed by atoms with E-state index < -0.39 is 0 Å². The molecule has 1 aromatic heterocycles. The van der Waals surface area contributed by atoms with Gasteiger partial charge in [-0.15, -0.1) is 11.3 Å². The van der Waals surface area contributed by atoms with E-state index in [0.29, 0.717) is 13.0 Å². The molecule has 0 unspecified atom stereocenters. The van der Waals surface area contributed by atoms with Crippen LogP contribution in [0.4, 0.5) is 5.69 Å². The van der Waals surface area contributed by atoms with Crippen LogP contribution >= 0.6 is 11.3 Å². The van der Waals surface area contributed by atoms with E-state index in [1.807, 2.05) is 47.4 Å². The summed E-state index contributed by atoms with van der Waals surface area (Å²) in [4.78, 5) is 30.2. The lowest BCUT2D eigenvalue weighted by Gasteiger charge is -2.15. The summed E-state index contributed by atoms with van der Waals surface area (Å²) in [6.07, 6.45) is 6.60. The molecule has 1 aliphatic heterocycles. The van der Waals surface area contributed by atoms with E-state index in [2.05, 4.69) is 16.4 Å². The van der Waals surface area contributed by atoms with Crippen molar-refractivity contribution in [1.82, 2.24) is 10.3 Å². The Hall–Kier alpha value is -2.99. The smallest absolute Gasteiger partial charge is 0.243 e. The zero-order valence-electron chi connectivity index (χ0n) is 16.1. The SMILES string of the molecule is O=C(C=Cc1ccc(N2CCCC2=O)cc1)NCCCc1nc2ccccc2s1. The van der Waals surface area contributed by atoms with Crippen LogP contribution in [0.3, 0.4) is 0 Å². The number of hydrogen-bond acceptors (Lipinski definition) is 4. The number of carbonyl (C=O) groups excluding carboxylic acids is 2. The van der Waals surface area contributed by atoms with Crippen molar-refractivity contribution in [1.29, 1.82) is 0 Å². The minimum atomic E-state index is -0.104. The molecule has 0 radical (unpaired) electrons. The molecule has 2 amide bonds. The van der Waals surface area contributed by atoms with Gasteiger partial charge in [0.05, 0.1) is 15.2 Å². The minimum Gasteiger partial charge on any atom is -0.353 e. The van der Waals surface area contributed by atoms with Gasteiger partial charge in [-0.25, -0.2) is 4.98 Å². The molecule has 1 saturated heterocycles. The van der Waals surface area contributed by atoms with E-state index in [1.54, 1.807) is 23.5 Å². The molecule has 1 N–H and O–H groups in total. The fourth-order valence-electron chi connectivity index (χ4n) is 3.40. The third-order valence-corrected chi connectivity index (χ3v) is 6.01. The third kappa shape index (κ3) is 4.90. The Bertz CT molecular complexity index is 1010. The maximum Gasteiger partial charge on any atom is 0.243 e. The maximum absolute atomic E-state index is 12.0. The first-order chi connectivity index (χ1) is 14.2. The van der Waals surface area contributed by atoms with Crippen LogP contribution in [-0.4, -0.2) is 29.9 Å². The number of aryl methyl sites for hydroxylation is 1. The Balaban J connectivity index is 1.22. The zero-order valence-corrected chi connectivity index (χ0v) is 17.0. The lowest BCUT2D eigenvalue weighted by atomic mass is 10.2. The molecule has 4 rings (SSSR count). The van der Waals surface area contributed by atoms with Gasteiger partial charge in [-0.2, -0.15) is 0 Å². The number of carbonyl (C=O) groups is 2. The molecule has 3 aromatic rings. The van der Waals surface area contributed by atoms with Gasteiger partial charge in [-0.05, 0) is 48.7 Å². The summed E-state index contributed by atoms with van der Waals surface area (Å²) in [7, 11) is 0. The van der Waals surface area contributed by atoms with E-state index in [0.717, 1.165) is 47.6 Å².